The molecule has 5 rings (SSSR count). The molecule has 1 aliphatic rings. The summed E-state index contributed by atoms with van der Waals surface area (Å²) < 4.78 is 2.27. The number of rotatable bonds is 7. The summed E-state index contributed by atoms with van der Waals surface area (Å²) in [5.74, 6) is 0.0917. The fourth-order valence-corrected chi connectivity index (χ4v) is 5.61. The molecule has 186 valence electrons. The van der Waals surface area contributed by atoms with Crippen molar-refractivity contribution >= 4 is 11.8 Å². The predicted molar refractivity (Wildman–Crippen MR) is 147 cm³/mol. The van der Waals surface area contributed by atoms with Gasteiger partial charge in [-0.2, -0.15) is 0 Å². The Bertz CT molecular complexity index is 1410. The molecule has 0 saturated heterocycles. The Labute approximate surface area is 219 Å². The number of hydrogen-bond acceptors (Lipinski definition) is 2. The quantitative estimate of drug-likeness (QED) is 0.303. The number of benzene rings is 4. The molecule has 1 aliphatic heterocycles. The minimum atomic E-state index is -1.32. The van der Waals surface area contributed by atoms with E-state index in [1.165, 1.54) is 0 Å². The summed E-state index contributed by atoms with van der Waals surface area (Å²) in [6.07, 6.45) is 0. The van der Waals surface area contributed by atoms with Crippen LogP contribution in [-0.2, 0) is 23.4 Å². The molecule has 2 atom stereocenters. The maximum atomic E-state index is 13.7. The summed E-state index contributed by atoms with van der Waals surface area (Å²) >= 11 is 0. The van der Waals surface area contributed by atoms with Crippen LogP contribution in [0.2, 0.25) is 0 Å². The smallest absolute Gasteiger partial charge is 0.362 e. The lowest BCUT2D eigenvalue weighted by Gasteiger charge is -2.35. The van der Waals surface area contributed by atoms with Crippen LogP contribution in [0.5, 0.6) is 0 Å². The van der Waals surface area contributed by atoms with Gasteiger partial charge in [0.1, 0.15) is 13.1 Å². The number of aliphatic carboxylic acids is 1. The van der Waals surface area contributed by atoms with Gasteiger partial charge in [-0.3, -0.25) is 0 Å². The van der Waals surface area contributed by atoms with Gasteiger partial charge in [0.2, 0.25) is 5.84 Å². The fourth-order valence-electron chi connectivity index (χ4n) is 5.61. The molecule has 2 unspecified atom stereocenters. The summed E-state index contributed by atoms with van der Waals surface area (Å²) in [6.45, 7) is 7.25. The summed E-state index contributed by atoms with van der Waals surface area (Å²) in [5, 5.41) is 11.2. The number of amidine groups is 1. The average molecular weight is 490 g/mol. The van der Waals surface area contributed by atoms with Crippen LogP contribution in [0.25, 0.3) is 0 Å². The standard InChI is InChI=1S/C33H32N2O2/c1-24-14-18-29(19-15-24)31-33(32(36)37,30-20-16-25(2)17-21-30)35(23-28-12-8-5-9-13-28)26(3)34(31)22-27-10-6-4-7-11-27/h4-21,31H,22-23H2,1-3H3/p+1. The van der Waals surface area contributed by atoms with Crippen molar-refractivity contribution in [1.29, 1.82) is 0 Å². The van der Waals surface area contributed by atoms with Crippen LogP contribution >= 0.6 is 0 Å². The zero-order chi connectivity index (χ0) is 26.0. The number of nitrogens with zero attached hydrogens (tertiary/aromatic N) is 2. The van der Waals surface area contributed by atoms with E-state index in [-0.39, 0.29) is 0 Å². The van der Waals surface area contributed by atoms with Crippen molar-refractivity contribution in [2.75, 3.05) is 0 Å². The van der Waals surface area contributed by atoms with Gasteiger partial charge in [0.05, 0.1) is 0 Å². The molecule has 0 radical (unpaired) electrons. The molecular weight excluding hydrogens is 456 g/mol. The van der Waals surface area contributed by atoms with Crippen LogP contribution in [0.3, 0.4) is 0 Å². The molecule has 0 spiro atoms. The van der Waals surface area contributed by atoms with Gasteiger partial charge in [0, 0.05) is 18.1 Å². The largest absolute Gasteiger partial charge is 0.477 e. The Kier molecular flexibility index (Phi) is 6.66. The van der Waals surface area contributed by atoms with Crippen molar-refractivity contribution in [2.24, 2.45) is 0 Å². The van der Waals surface area contributed by atoms with E-state index < -0.39 is 17.6 Å². The number of hydrogen-bond donors (Lipinski definition) is 1. The molecule has 0 saturated carbocycles. The van der Waals surface area contributed by atoms with E-state index >= 15 is 0 Å². The minimum absolute atomic E-state index is 0.433. The van der Waals surface area contributed by atoms with Gasteiger partial charge >= 0.3 is 5.97 Å². The van der Waals surface area contributed by atoms with E-state index in [9.17, 15) is 9.90 Å². The molecule has 0 amide bonds. The van der Waals surface area contributed by atoms with Crippen molar-refractivity contribution in [3.8, 4) is 0 Å². The topological polar surface area (TPSA) is 43.6 Å². The van der Waals surface area contributed by atoms with E-state index in [1.54, 1.807) is 0 Å². The van der Waals surface area contributed by atoms with E-state index in [2.05, 4.69) is 71.9 Å². The van der Waals surface area contributed by atoms with Crippen LogP contribution < -0.4 is 0 Å². The van der Waals surface area contributed by atoms with Gasteiger partial charge in [-0.15, -0.1) is 0 Å². The lowest BCUT2D eigenvalue weighted by molar-refractivity contribution is -0.586. The van der Waals surface area contributed by atoms with Crippen molar-refractivity contribution in [3.63, 3.8) is 0 Å². The summed E-state index contributed by atoms with van der Waals surface area (Å²) in [5.41, 5.74) is 4.91. The van der Waals surface area contributed by atoms with Crippen LogP contribution in [0, 0.1) is 13.8 Å². The van der Waals surface area contributed by atoms with Crippen LogP contribution in [0.4, 0.5) is 0 Å². The maximum absolute atomic E-state index is 13.7. The third kappa shape index (κ3) is 4.44. The zero-order valence-electron chi connectivity index (χ0n) is 21.6. The number of aryl methyl sites for hydroxylation is 2. The van der Waals surface area contributed by atoms with E-state index in [0.29, 0.717) is 13.1 Å². The van der Waals surface area contributed by atoms with E-state index in [0.717, 1.165) is 39.2 Å². The van der Waals surface area contributed by atoms with Crippen LogP contribution in [0.1, 0.15) is 46.3 Å². The first-order valence-corrected chi connectivity index (χ1v) is 12.7. The molecule has 0 bridgehead atoms. The second kappa shape index (κ2) is 10.1. The molecule has 1 heterocycles. The zero-order valence-corrected chi connectivity index (χ0v) is 21.6. The second-order valence-corrected chi connectivity index (χ2v) is 9.98. The second-order valence-electron chi connectivity index (χ2n) is 9.98. The van der Waals surface area contributed by atoms with Gasteiger partial charge in [0.15, 0.2) is 6.04 Å². The van der Waals surface area contributed by atoms with Crippen molar-refractivity contribution in [2.45, 2.75) is 45.4 Å². The first-order valence-electron chi connectivity index (χ1n) is 12.7. The van der Waals surface area contributed by atoms with Crippen LogP contribution in [-0.4, -0.2) is 26.4 Å². The fraction of sp³-hybridized carbons (Fsp3) is 0.212. The van der Waals surface area contributed by atoms with Gasteiger partial charge in [0.25, 0.3) is 5.54 Å². The highest BCUT2D eigenvalue weighted by molar-refractivity contribution is 5.91. The third-order valence-electron chi connectivity index (χ3n) is 7.53. The summed E-state index contributed by atoms with van der Waals surface area (Å²) in [4.78, 5) is 15.8. The Morgan fingerprint density at radius 3 is 1.81 bits per heavy atom. The van der Waals surface area contributed by atoms with E-state index in [4.69, 9.17) is 0 Å². The van der Waals surface area contributed by atoms with Crippen molar-refractivity contribution in [3.05, 3.63) is 143 Å². The molecule has 37 heavy (non-hydrogen) atoms. The highest BCUT2D eigenvalue weighted by Gasteiger charge is 2.66. The lowest BCUT2D eigenvalue weighted by Crippen LogP contribution is -2.53. The number of carboxylic acids is 1. The number of carbonyl (C=O) groups is 1. The lowest BCUT2D eigenvalue weighted by atomic mass is 9.78. The molecule has 0 aliphatic carbocycles. The predicted octanol–water partition coefficient (Wildman–Crippen LogP) is 6.47. The molecule has 4 heteroatoms. The highest BCUT2D eigenvalue weighted by atomic mass is 16.4. The van der Waals surface area contributed by atoms with Gasteiger partial charge in [-0.05, 0) is 25.0 Å². The minimum Gasteiger partial charge on any atom is -0.477 e. The normalized spacial score (nSPS) is 19.3. The Hall–Kier alpha value is -4.18. The Balaban J connectivity index is 1.78. The molecular formula is C33H33N2O2+. The number of carboxylic acid groups (broad SMARTS) is 1. The van der Waals surface area contributed by atoms with Crippen molar-refractivity contribution in [1.82, 2.24) is 4.90 Å². The Morgan fingerprint density at radius 2 is 1.27 bits per heavy atom. The molecule has 1 N–H and O–H groups in total. The van der Waals surface area contributed by atoms with Gasteiger partial charge < -0.3 is 5.11 Å². The molecule has 0 fully saturated rings. The van der Waals surface area contributed by atoms with E-state index in [1.807, 2.05) is 67.6 Å². The van der Waals surface area contributed by atoms with Gasteiger partial charge in [-0.1, -0.05) is 120 Å². The van der Waals surface area contributed by atoms with Crippen molar-refractivity contribution < 1.29 is 14.5 Å². The SMILES string of the molecule is CC1=[N+](Cc2ccccc2)C(c2ccc(C)cc2)C(C(=O)O)(c2ccc(C)cc2)N1Cc1ccccc1. The Morgan fingerprint density at radius 1 is 0.757 bits per heavy atom. The first-order chi connectivity index (χ1) is 17.9. The first kappa shape index (κ1) is 24.5. The molecule has 4 aromatic carbocycles. The monoisotopic (exact) mass is 489 g/mol. The van der Waals surface area contributed by atoms with Gasteiger partial charge in [-0.25, -0.2) is 14.3 Å². The summed E-state index contributed by atoms with van der Waals surface area (Å²) in [6, 6.07) is 36.3. The maximum Gasteiger partial charge on any atom is 0.362 e. The molecule has 0 aromatic heterocycles. The highest BCUT2D eigenvalue weighted by Crippen LogP contribution is 2.49. The molecule has 4 aromatic rings. The van der Waals surface area contributed by atoms with Crippen LogP contribution in [0.15, 0.2) is 109 Å². The third-order valence-corrected chi connectivity index (χ3v) is 7.53. The summed E-state index contributed by atoms with van der Waals surface area (Å²) in [7, 11) is 0. The average Bonchev–Trinajstić information content (AvgIpc) is 3.14. The molecule has 4 nitrogen and oxygen atoms in total.